The molecule has 0 amide bonds. The third-order valence-corrected chi connectivity index (χ3v) is 0.531. The molecule has 0 N–H and O–H groups in total. The van der Waals surface area contributed by atoms with Gasteiger partial charge in [0.1, 0.15) is 0 Å². The molecule has 0 saturated carbocycles. The molecule has 0 aromatic rings. The summed E-state index contributed by atoms with van der Waals surface area (Å²) in [6, 6.07) is 0. The van der Waals surface area contributed by atoms with E-state index in [-0.39, 0.29) is 25.9 Å². The van der Waals surface area contributed by atoms with Crippen LogP contribution in [0.3, 0.4) is 0 Å². The zero-order valence-electron chi connectivity index (χ0n) is 5.78. The molecule has 0 aromatic carbocycles. The van der Waals surface area contributed by atoms with Crippen LogP contribution in [0, 0.1) is 0 Å². The minimum absolute atomic E-state index is 0. The van der Waals surface area contributed by atoms with Crippen molar-refractivity contribution in [3.8, 4) is 0 Å². The molecule has 0 rings (SSSR count). The Balaban J connectivity index is -0.0000000267. The fraction of sp³-hybridized carbons (Fsp3) is 0.500. The molecule has 2 heteroatoms. The fourth-order valence-corrected chi connectivity index (χ4v) is 0.231. The van der Waals surface area contributed by atoms with Crippen LogP contribution in [-0.4, -0.2) is 28.9 Å². The van der Waals surface area contributed by atoms with Gasteiger partial charge in [0.15, 0.2) is 0 Å². The number of hydrogen-bond donors (Lipinski definition) is 0. The summed E-state index contributed by atoms with van der Waals surface area (Å²) in [5.41, 5.74) is 0. The van der Waals surface area contributed by atoms with Crippen LogP contribution in [0.1, 0.15) is 9.27 Å². The monoisotopic (exact) mass is 116 g/mol. The van der Waals surface area contributed by atoms with Gasteiger partial charge in [0.2, 0.25) is 0 Å². The van der Waals surface area contributed by atoms with Gasteiger partial charge < -0.3 is 2.85 Å². The Hall–Kier alpha value is 0.796. The van der Waals surface area contributed by atoms with Gasteiger partial charge in [-0.15, -0.1) is 18.2 Å². The molecule has 0 heterocycles. The average Bonchev–Trinajstić information content (AvgIpc) is 1.41. The van der Waals surface area contributed by atoms with E-state index in [4.69, 9.17) is 11.6 Å². The molecule has 0 aliphatic rings. The summed E-state index contributed by atoms with van der Waals surface area (Å²) in [5, 5.41) is 0. The first-order chi connectivity index (χ1) is 2.41. The first-order valence-corrected chi connectivity index (χ1v) is 2.12. The van der Waals surface area contributed by atoms with Crippen molar-refractivity contribution in [3.63, 3.8) is 0 Å². The predicted octanol–water partition coefficient (Wildman–Crippen LogP) is 1.65. The number of hydrogen-bond acceptors (Lipinski definition) is 0. The number of alkyl halides is 1. The largest absolute Gasteiger partial charge is 2.00 e. The van der Waals surface area contributed by atoms with Crippen LogP contribution in [-0.2, 0) is 0 Å². The standard InChI is InChI=1S/C4H7Cl.Mg.2H/c1-2-3-4-5;;;/h2H,1,3-4H2;;;/q;+2;2*-1. The first kappa shape index (κ1) is 9.93. The Bertz CT molecular complexity index is 35.2. The second kappa shape index (κ2) is 9.25. The van der Waals surface area contributed by atoms with Crippen LogP contribution in [0.5, 0.6) is 0 Å². The van der Waals surface area contributed by atoms with Gasteiger partial charge in [-0.25, -0.2) is 0 Å². The van der Waals surface area contributed by atoms with E-state index in [0.717, 1.165) is 6.42 Å². The Kier molecular flexibility index (Phi) is 15.3. The minimum atomic E-state index is 0. The van der Waals surface area contributed by atoms with Gasteiger partial charge in [0.05, 0.1) is 0 Å². The molecule has 0 aliphatic carbocycles. The fourth-order valence-electron chi connectivity index (χ4n) is 0.0772. The number of halogens is 1. The van der Waals surface area contributed by atoms with E-state index in [1.54, 1.807) is 6.08 Å². The summed E-state index contributed by atoms with van der Waals surface area (Å²) in [6.07, 6.45) is 2.72. The molecular formula is C4H9ClMg. The minimum Gasteiger partial charge on any atom is -1.00 e. The van der Waals surface area contributed by atoms with Crippen LogP contribution in [0.15, 0.2) is 12.7 Å². The molecule has 0 radical (unpaired) electrons. The summed E-state index contributed by atoms with van der Waals surface area (Å²) in [5.74, 6) is 0.698. The summed E-state index contributed by atoms with van der Waals surface area (Å²) < 4.78 is 0. The van der Waals surface area contributed by atoms with Gasteiger partial charge in [0, 0.05) is 5.88 Å². The zero-order chi connectivity index (χ0) is 4.12. The van der Waals surface area contributed by atoms with Gasteiger partial charge in [-0.2, -0.15) is 0 Å². The van der Waals surface area contributed by atoms with Crippen LogP contribution in [0.2, 0.25) is 0 Å². The maximum absolute atomic E-state index is 5.23. The van der Waals surface area contributed by atoms with Gasteiger partial charge in [-0.1, -0.05) is 6.08 Å². The van der Waals surface area contributed by atoms with E-state index in [2.05, 4.69) is 6.58 Å². The first-order valence-electron chi connectivity index (χ1n) is 1.58. The molecule has 0 nitrogen and oxygen atoms in total. The average molecular weight is 117 g/mol. The van der Waals surface area contributed by atoms with E-state index in [1.807, 2.05) is 0 Å². The zero-order valence-corrected chi connectivity index (χ0v) is 5.95. The second-order valence-electron chi connectivity index (χ2n) is 0.766. The molecule has 6 heavy (non-hydrogen) atoms. The molecule has 0 atom stereocenters. The van der Waals surface area contributed by atoms with Gasteiger partial charge >= 0.3 is 23.1 Å². The smallest absolute Gasteiger partial charge is 1.00 e. The Morgan fingerprint density at radius 3 is 2.33 bits per heavy atom. The van der Waals surface area contributed by atoms with Gasteiger partial charge in [-0.3, -0.25) is 0 Å². The molecule has 0 unspecified atom stereocenters. The van der Waals surface area contributed by atoms with Crippen molar-refractivity contribution in [1.82, 2.24) is 0 Å². The van der Waals surface area contributed by atoms with Crippen molar-refractivity contribution in [3.05, 3.63) is 12.7 Å². The second-order valence-corrected chi connectivity index (χ2v) is 1.14. The molecule has 0 saturated heterocycles. The topological polar surface area (TPSA) is 0 Å². The van der Waals surface area contributed by atoms with E-state index in [9.17, 15) is 0 Å². The quantitative estimate of drug-likeness (QED) is 0.293. The maximum atomic E-state index is 5.23. The van der Waals surface area contributed by atoms with Crippen molar-refractivity contribution < 1.29 is 2.85 Å². The third-order valence-electron chi connectivity index (χ3n) is 0.313. The molecule has 0 bridgehead atoms. The molecule has 34 valence electrons. The Morgan fingerprint density at radius 1 is 1.83 bits per heavy atom. The molecule has 0 aliphatic heterocycles. The Morgan fingerprint density at radius 2 is 2.33 bits per heavy atom. The summed E-state index contributed by atoms with van der Waals surface area (Å²) in [6.45, 7) is 3.47. The maximum Gasteiger partial charge on any atom is 2.00 e. The van der Waals surface area contributed by atoms with Crippen molar-refractivity contribution in [2.45, 2.75) is 6.42 Å². The summed E-state index contributed by atoms with van der Waals surface area (Å²) in [4.78, 5) is 0. The normalized spacial score (nSPS) is 6.17. The van der Waals surface area contributed by atoms with Crippen LogP contribution in [0.4, 0.5) is 0 Å². The van der Waals surface area contributed by atoms with E-state index in [1.165, 1.54) is 0 Å². The van der Waals surface area contributed by atoms with Crippen molar-refractivity contribution >= 4 is 34.7 Å². The molecule has 0 aromatic heterocycles. The van der Waals surface area contributed by atoms with Crippen molar-refractivity contribution in [2.24, 2.45) is 0 Å². The molecule has 0 spiro atoms. The number of rotatable bonds is 2. The van der Waals surface area contributed by atoms with E-state index < -0.39 is 0 Å². The third kappa shape index (κ3) is 8.84. The van der Waals surface area contributed by atoms with Crippen molar-refractivity contribution in [1.29, 1.82) is 0 Å². The van der Waals surface area contributed by atoms with Crippen LogP contribution < -0.4 is 0 Å². The van der Waals surface area contributed by atoms with Crippen LogP contribution >= 0.6 is 11.6 Å². The summed E-state index contributed by atoms with van der Waals surface area (Å²) in [7, 11) is 0. The predicted molar refractivity (Wildman–Crippen MR) is 33.5 cm³/mol. The summed E-state index contributed by atoms with van der Waals surface area (Å²) >= 11 is 5.23. The van der Waals surface area contributed by atoms with Crippen molar-refractivity contribution in [2.75, 3.05) is 5.88 Å². The van der Waals surface area contributed by atoms with Gasteiger partial charge in [0.25, 0.3) is 0 Å². The molecule has 0 fully saturated rings. The SMILES string of the molecule is C=CCCCl.[H-].[H-].[Mg+2]. The van der Waals surface area contributed by atoms with Crippen LogP contribution in [0.25, 0.3) is 0 Å². The number of allylic oxidation sites excluding steroid dienone is 1. The molecular weight excluding hydrogens is 108 g/mol. The Labute approximate surface area is 62.7 Å². The van der Waals surface area contributed by atoms with E-state index in [0.29, 0.717) is 5.88 Å². The van der Waals surface area contributed by atoms with E-state index >= 15 is 0 Å². The van der Waals surface area contributed by atoms with Gasteiger partial charge in [-0.05, 0) is 6.42 Å².